The molecule has 0 spiro atoms. The lowest BCUT2D eigenvalue weighted by molar-refractivity contribution is -0.0135. The van der Waals surface area contributed by atoms with Crippen LogP contribution in [0.1, 0.15) is 56.3 Å². The molecule has 0 aromatic carbocycles. The molecule has 24 heavy (non-hydrogen) atoms. The summed E-state index contributed by atoms with van der Waals surface area (Å²) in [5.74, 6) is 2.59. The van der Waals surface area contributed by atoms with Gasteiger partial charge in [0.15, 0.2) is 0 Å². The minimum Gasteiger partial charge on any atom is -0.338 e. The number of amides is 2. The summed E-state index contributed by atoms with van der Waals surface area (Å²) in [5.41, 5.74) is 2.35. The van der Waals surface area contributed by atoms with E-state index in [0.29, 0.717) is 6.54 Å². The Bertz CT molecular complexity index is 586. The average molecular weight is 330 g/mol. The molecule has 4 saturated carbocycles. The Hall–Kier alpha value is -1.52. The predicted octanol–water partition coefficient (Wildman–Crippen LogP) is 3.16. The van der Waals surface area contributed by atoms with Crippen molar-refractivity contribution in [1.29, 1.82) is 0 Å². The topological polar surface area (TPSA) is 59.0 Å². The van der Waals surface area contributed by atoms with Gasteiger partial charge in [0.05, 0.1) is 5.69 Å². The number of rotatable bonds is 5. The second-order valence-corrected chi connectivity index (χ2v) is 8.58. The molecule has 0 saturated heterocycles. The average Bonchev–Trinajstić information content (AvgIpc) is 2.79. The Labute approximate surface area is 144 Å². The first-order valence-electron chi connectivity index (χ1n) is 9.58. The summed E-state index contributed by atoms with van der Waals surface area (Å²) in [6, 6.07) is 2.12. The summed E-state index contributed by atoms with van der Waals surface area (Å²) in [5, 5.41) is 10.9. The van der Waals surface area contributed by atoms with E-state index in [0.717, 1.165) is 36.4 Å². The Balaban J connectivity index is 1.23. The van der Waals surface area contributed by atoms with Gasteiger partial charge >= 0.3 is 6.03 Å². The maximum Gasteiger partial charge on any atom is 0.315 e. The van der Waals surface area contributed by atoms with Crippen LogP contribution in [-0.4, -0.2) is 27.9 Å². The van der Waals surface area contributed by atoms with Crippen molar-refractivity contribution in [3.63, 3.8) is 0 Å². The molecule has 1 aromatic rings. The highest BCUT2D eigenvalue weighted by Crippen LogP contribution is 2.55. The zero-order valence-corrected chi connectivity index (χ0v) is 15.0. The smallest absolute Gasteiger partial charge is 0.315 e. The molecule has 0 unspecified atom stereocenters. The second kappa shape index (κ2) is 6.08. The Kier molecular flexibility index (Phi) is 4.05. The van der Waals surface area contributed by atoms with Crippen LogP contribution in [0.5, 0.6) is 0 Å². The minimum atomic E-state index is 0.0327. The van der Waals surface area contributed by atoms with E-state index in [4.69, 9.17) is 0 Å². The van der Waals surface area contributed by atoms with Crippen molar-refractivity contribution >= 4 is 6.03 Å². The number of aryl methyl sites for hydroxylation is 3. The van der Waals surface area contributed by atoms with E-state index in [1.54, 1.807) is 0 Å². The normalized spacial score (nSPS) is 33.7. The van der Waals surface area contributed by atoms with Crippen LogP contribution in [0, 0.1) is 31.6 Å². The van der Waals surface area contributed by atoms with Crippen molar-refractivity contribution in [2.24, 2.45) is 17.8 Å². The molecule has 1 heterocycles. The van der Waals surface area contributed by atoms with Gasteiger partial charge in [0.1, 0.15) is 0 Å². The van der Waals surface area contributed by atoms with Crippen LogP contribution in [-0.2, 0) is 6.54 Å². The number of aromatic nitrogens is 2. The monoisotopic (exact) mass is 330 g/mol. The maximum atomic E-state index is 12.4. The van der Waals surface area contributed by atoms with Gasteiger partial charge < -0.3 is 10.6 Å². The molecular weight excluding hydrogens is 300 g/mol. The van der Waals surface area contributed by atoms with E-state index in [1.807, 2.05) is 11.6 Å². The lowest BCUT2D eigenvalue weighted by Gasteiger charge is -2.56. The molecule has 132 valence electrons. The summed E-state index contributed by atoms with van der Waals surface area (Å²) in [6.45, 7) is 5.65. The number of carbonyl (C=O) groups is 1. The highest BCUT2D eigenvalue weighted by molar-refractivity contribution is 5.74. The van der Waals surface area contributed by atoms with E-state index < -0.39 is 0 Å². The predicted molar refractivity (Wildman–Crippen MR) is 93.8 cm³/mol. The first kappa shape index (κ1) is 16.0. The molecule has 2 amide bonds. The highest BCUT2D eigenvalue weighted by atomic mass is 16.2. The van der Waals surface area contributed by atoms with E-state index >= 15 is 0 Å². The van der Waals surface area contributed by atoms with Gasteiger partial charge in [-0.1, -0.05) is 0 Å². The third kappa shape index (κ3) is 3.17. The molecule has 5 rings (SSSR count). The molecule has 5 nitrogen and oxygen atoms in total. The summed E-state index contributed by atoms with van der Waals surface area (Å²) in [6.07, 6.45) is 8.76. The Morgan fingerprint density at radius 2 is 1.83 bits per heavy atom. The molecule has 1 aromatic heterocycles. The van der Waals surface area contributed by atoms with Crippen LogP contribution in [0.2, 0.25) is 0 Å². The largest absolute Gasteiger partial charge is 0.338 e. The van der Waals surface area contributed by atoms with Gasteiger partial charge in [-0.3, -0.25) is 4.68 Å². The number of carbonyl (C=O) groups excluding carboxylic acids is 1. The van der Waals surface area contributed by atoms with Gasteiger partial charge in [-0.05, 0) is 82.6 Å². The van der Waals surface area contributed by atoms with Gasteiger partial charge in [-0.2, -0.15) is 5.10 Å². The standard InChI is InChI=1S/C19H30N4O/c1-13-6-14(2)23(22-13)5-3-4-20-18(24)21-19-10-15-7-16(11-19)9-17(8-15)12-19/h6,15-17H,3-5,7-12H2,1-2H3,(H2,20,21,24). The first-order valence-corrected chi connectivity index (χ1v) is 9.58. The minimum absolute atomic E-state index is 0.0327. The second-order valence-electron chi connectivity index (χ2n) is 8.58. The van der Waals surface area contributed by atoms with Crippen LogP contribution in [0.4, 0.5) is 4.79 Å². The van der Waals surface area contributed by atoms with Crippen molar-refractivity contribution in [2.75, 3.05) is 6.54 Å². The molecule has 0 radical (unpaired) electrons. The van der Waals surface area contributed by atoms with Crippen LogP contribution >= 0.6 is 0 Å². The fourth-order valence-electron chi connectivity index (χ4n) is 5.88. The lowest BCUT2D eigenvalue weighted by atomic mass is 9.53. The summed E-state index contributed by atoms with van der Waals surface area (Å²) in [4.78, 5) is 12.4. The van der Waals surface area contributed by atoms with E-state index in [1.165, 1.54) is 44.2 Å². The van der Waals surface area contributed by atoms with Crippen molar-refractivity contribution in [3.8, 4) is 0 Å². The number of nitrogens with one attached hydrogen (secondary N) is 2. The molecule has 4 fully saturated rings. The number of hydrogen-bond donors (Lipinski definition) is 2. The summed E-state index contributed by atoms with van der Waals surface area (Å²) in [7, 11) is 0. The molecule has 4 aliphatic rings. The van der Waals surface area contributed by atoms with Crippen LogP contribution in [0.3, 0.4) is 0 Å². The van der Waals surface area contributed by atoms with E-state index in [9.17, 15) is 4.79 Å². The van der Waals surface area contributed by atoms with E-state index in [2.05, 4.69) is 28.7 Å². The fourth-order valence-corrected chi connectivity index (χ4v) is 5.88. The third-order valence-corrected chi connectivity index (χ3v) is 6.35. The van der Waals surface area contributed by atoms with Crippen LogP contribution in [0.25, 0.3) is 0 Å². The Morgan fingerprint density at radius 3 is 2.38 bits per heavy atom. The van der Waals surface area contributed by atoms with E-state index in [-0.39, 0.29) is 11.6 Å². The van der Waals surface area contributed by atoms with Crippen molar-refractivity contribution in [3.05, 3.63) is 17.5 Å². The molecular formula is C19H30N4O. The molecule has 4 aliphatic carbocycles. The van der Waals surface area contributed by atoms with Gasteiger partial charge in [0.2, 0.25) is 0 Å². The molecule has 4 bridgehead atoms. The van der Waals surface area contributed by atoms with Gasteiger partial charge in [-0.15, -0.1) is 0 Å². The zero-order chi connectivity index (χ0) is 16.7. The number of hydrogen-bond acceptors (Lipinski definition) is 2. The third-order valence-electron chi connectivity index (χ3n) is 6.35. The van der Waals surface area contributed by atoms with Crippen molar-refractivity contribution < 1.29 is 4.79 Å². The number of nitrogens with zero attached hydrogens (tertiary/aromatic N) is 2. The number of urea groups is 1. The summed E-state index contributed by atoms with van der Waals surface area (Å²) < 4.78 is 2.02. The maximum absolute atomic E-state index is 12.4. The van der Waals surface area contributed by atoms with Crippen molar-refractivity contribution in [2.45, 2.75) is 70.9 Å². The zero-order valence-electron chi connectivity index (χ0n) is 15.0. The van der Waals surface area contributed by atoms with Gasteiger partial charge in [0, 0.05) is 24.3 Å². The quantitative estimate of drug-likeness (QED) is 0.815. The summed E-state index contributed by atoms with van der Waals surface area (Å²) >= 11 is 0. The van der Waals surface area contributed by atoms with Crippen LogP contribution in [0.15, 0.2) is 6.07 Å². The molecule has 2 N–H and O–H groups in total. The van der Waals surface area contributed by atoms with Crippen LogP contribution < -0.4 is 10.6 Å². The highest BCUT2D eigenvalue weighted by Gasteiger charge is 2.51. The Morgan fingerprint density at radius 1 is 1.21 bits per heavy atom. The van der Waals surface area contributed by atoms with Gasteiger partial charge in [0.25, 0.3) is 0 Å². The first-order chi connectivity index (χ1) is 11.5. The molecule has 0 aliphatic heterocycles. The van der Waals surface area contributed by atoms with Crippen molar-refractivity contribution in [1.82, 2.24) is 20.4 Å². The fraction of sp³-hybridized carbons (Fsp3) is 0.789. The molecule has 0 atom stereocenters. The SMILES string of the molecule is Cc1cc(C)n(CCCNC(=O)NC23CC4CC(CC(C4)C2)C3)n1. The molecule has 5 heteroatoms. The lowest BCUT2D eigenvalue weighted by Crippen LogP contribution is -2.61. The van der Waals surface area contributed by atoms with Gasteiger partial charge in [-0.25, -0.2) is 4.79 Å².